The van der Waals surface area contributed by atoms with Gasteiger partial charge in [0.05, 0.1) is 0 Å². The Bertz CT molecular complexity index is 497. The molecule has 18 heavy (non-hydrogen) atoms. The van der Waals surface area contributed by atoms with E-state index in [0.717, 1.165) is 5.69 Å². The van der Waals surface area contributed by atoms with Crippen LogP contribution < -0.4 is 5.32 Å². The standard InChI is InChI=1S/C13H17N3O2/c1-9-8-10(4-5-14-9)11(17)16-7-6-15-12(18)13(16,2)3/h4-5,8H,6-7H2,1-3H3,(H,15,18). The van der Waals surface area contributed by atoms with Crippen molar-refractivity contribution in [1.29, 1.82) is 0 Å². The lowest BCUT2D eigenvalue weighted by Crippen LogP contribution is -2.63. The van der Waals surface area contributed by atoms with E-state index >= 15 is 0 Å². The van der Waals surface area contributed by atoms with Crippen molar-refractivity contribution in [1.82, 2.24) is 15.2 Å². The second kappa shape index (κ2) is 4.40. The zero-order valence-electron chi connectivity index (χ0n) is 10.9. The molecule has 0 aliphatic carbocycles. The van der Waals surface area contributed by atoms with Crippen LogP contribution in [0.1, 0.15) is 29.9 Å². The molecule has 2 amide bonds. The van der Waals surface area contributed by atoms with Crippen LogP contribution in [-0.4, -0.2) is 40.3 Å². The molecule has 1 aliphatic heterocycles. The molecule has 1 fully saturated rings. The number of carbonyl (C=O) groups excluding carboxylic acids is 2. The fourth-order valence-corrected chi connectivity index (χ4v) is 2.09. The van der Waals surface area contributed by atoms with Crippen molar-refractivity contribution < 1.29 is 9.59 Å². The summed E-state index contributed by atoms with van der Waals surface area (Å²) in [5, 5.41) is 2.77. The highest BCUT2D eigenvalue weighted by molar-refractivity contribution is 5.99. The van der Waals surface area contributed by atoms with Gasteiger partial charge in [0.15, 0.2) is 0 Å². The maximum atomic E-state index is 12.4. The first-order valence-electron chi connectivity index (χ1n) is 5.96. The predicted octanol–water partition coefficient (Wildman–Crippen LogP) is 0.741. The average Bonchev–Trinajstić information content (AvgIpc) is 2.32. The highest BCUT2D eigenvalue weighted by Gasteiger charge is 2.40. The summed E-state index contributed by atoms with van der Waals surface area (Å²) in [5.41, 5.74) is 0.553. The third-order valence-electron chi connectivity index (χ3n) is 3.24. The van der Waals surface area contributed by atoms with Gasteiger partial charge in [-0.2, -0.15) is 0 Å². The number of carbonyl (C=O) groups is 2. The van der Waals surface area contributed by atoms with E-state index in [1.807, 2.05) is 6.92 Å². The van der Waals surface area contributed by atoms with E-state index in [1.54, 1.807) is 37.1 Å². The van der Waals surface area contributed by atoms with Crippen LogP contribution in [0.25, 0.3) is 0 Å². The van der Waals surface area contributed by atoms with E-state index in [2.05, 4.69) is 10.3 Å². The third kappa shape index (κ3) is 2.08. The van der Waals surface area contributed by atoms with Gasteiger partial charge < -0.3 is 10.2 Å². The van der Waals surface area contributed by atoms with Gasteiger partial charge in [-0.05, 0) is 32.9 Å². The summed E-state index contributed by atoms with van der Waals surface area (Å²) in [5.74, 6) is -0.242. The minimum absolute atomic E-state index is 0.118. The molecule has 2 rings (SSSR count). The van der Waals surface area contributed by atoms with Gasteiger partial charge in [0, 0.05) is 30.5 Å². The van der Waals surface area contributed by atoms with Crippen molar-refractivity contribution in [2.75, 3.05) is 13.1 Å². The monoisotopic (exact) mass is 247 g/mol. The van der Waals surface area contributed by atoms with Crippen LogP contribution in [-0.2, 0) is 4.79 Å². The first-order valence-corrected chi connectivity index (χ1v) is 5.96. The molecule has 1 aromatic rings. The van der Waals surface area contributed by atoms with Crippen LogP contribution in [0, 0.1) is 6.92 Å². The summed E-state index contributed by atoms with van der Waals surface area (Å²) in [6.45, 7) is 6.38. The van der Waals surface area contributed by atoms with Crippen molar-refractivity contribution in [3.8, 4) is 0 Å². The van der Waals surface area contributed by atoms with Crippen LogP contribution in [0.3, 0.4) is 0 Å². The van der Waals surface area contributed by atoms with E-state index in [0.29, 0.717) is 18.7 Å². The molecule has 0 unspecified atom stereocenters. The Balaban J connectivity index is 2.31. The predicted molar refractivity (Wildman–Crippen MR) is 67.1 cm³/mol. The van der Waals surface area contributed by atoms with Gasteiger partial charge >= 0.3 is 0 Å². The molecule has 1 aliphatic rings. The second-order valence-corrected chi connectivity index (χ2v) is 4.96. The van der Waals surface area contributed by atoms with Crippen LogP contribution in [0.4, 0.5) is 0 Å². The Labute approximate surface area is 106 Å². The number of rotatable bonds is 1. The molecule has 5 heteroatoms. The number of hydrogen-bond donors (Lipinski definition) is 1. The van der Waals surface area contributed by atoms with E-state index in [4.69, 9.17) is 0 Å². The molecule has 1 saturated heterocycles. The van der Waals surface area contributed by atoms with E-state index in [9.17, 15) is 9.59 Å². The van der Waals surface area contributed by atoms with Crippen molar-refractivity contribution in [3.05, 3.63) is 29.6 Å². The zero-order valence-corrected chi connectivity index (χ0v) is 10.9. The molecule has 0 radical (unpaired) electrons. The molecule has 0 saturated carbocycles. The smallest absolute Gasteiger partial charge is 0.254 e. The molecular weight excluding hydrogens is 230 g/mol. The lowest BCUT2D eigenvalue weighted by molar-refractivity contribution is -0.133. The fraction of sp³-hybridized carbons (Fsp3) is 0.462. The lowest BCUT2D eigenvalue weighted by Gasteiger charge is -2.41. The lowest BCUT2D eigenvalue weighted by atomic mass is 9.97. The number of nitrogens with zero attached hydrogens (tertiary/aromatic N) is 2. The molecule has 0 bridgehead atoms. The normalized spacial score (nSPS) is 18.4. The Morgan fingerprint density at radius 2 is 2.22 bits per heavy atom. The number of aryl methyl sites for hydroxylation is 1. The molecule has 1 N–H and O–H groups in total. The second-order valence-electron chi connectivity index (χ2n) is 4.96. The number of piperazine rings is 1. The maximum absolute atomic E-state index is 12.4. The quantitative estimate of drug-likeness (QED) is 0.796. The summed E-state index contributed by atoms with van der Waals surface area (Å²) in [6, 6.07) is 3.42. The van der Waals surface area contributed by atoms with Gasteiger partial charge in [0.2, 0.25) is 5.91 Å². The summed E-state index contributed by atoms with van der Waals surface area (Å²) in [6.07, 6.45) is 1.61. The Hall–Kier alpha value is -1.91. The molecule has 5 nitrogen and oxygen atoms in total. The number of pyridine rings is 1. The van der Waals surface area contributed by atoms with Crippen LogP contribution in [0.2, 0.25) is 0 Å². The Morgan fingerprint density at radius 3 is 2.89 bits per heavy atom. The molecular formula is C13H17N3O2. The summed E-state index contributed by atoms with van der Waals surface area (Å²) >= 11 is 0. The molecule has 0 atom stereocenters. The van der Waals surface area contributed by atoms with Crippen molar-refractivity contribution >= 4 is 11.8 Å². The average molecular weight is 247 g/mol. The van der Waals surface area contributed by atoms with Crippen molar-refractivity contribution in [3.63, 3.8) is 0 Å². The first-order chi connectivity index (χ1) is 8.43. The SMILES string of the molecule is Cc1cc(C(=O)N2CCNC(=O)C2(C)C)ccn1. The zero-order chi connectivity index (χ0) is 13.3. The van der Waals surface area contributed by atoms with Gasteiger partial charge in [-0.3, -0.25) is 14.6 Å². The third-order valence-corrected chi connectivity index (χ3v) is 3.24. The molecule has 1 aromatic heterocycles. The van der Waals surface area contributed by atoms with Crippen molar-refractivity contribution in [2.45, 2.75) is 26.3 Å². The van der Waals surface area contributed by atoms with Crippen molar-refractivity contribution in [2.24, 2.45) is 0 Å². The summed E-state index contributed by atoms with van der Waals surface area (Å²) in [4.78, 5) is 29.9. The summed E-state index contributed by atoms with van der Waals surface area (Å²) in [7, 11) is 0. The highest BCUT2D eigenvalue weighted by atomic mass is 16.2. The maximum Gasteiger partial charge on any atom is 0.254 e. The van der Waals surface area contributed by atoms with Gasteiger partial charge in [0.25, 0.3) is 5.91 Å². The number of aromatic nitrogens is 1. The van der Waals surface area contributed by atoms with Crippen LogP contribution in [0.15, 0.2) is 18.3 Å². The fourth-order valence-electron chi connectivity index (χ4n) is 2.09. The minimum atomic E-state index is -0.813. The molecule has 0 spiro atoms. The molecule has 2 heterocycles. The van der Waals surface area contributed by atoms with E-state index in [-0.39, 0.29) is 11.8 Å². The van der Waals surface area contributed by atoms with E-state index in [1.165, 1.54) is 0 Å². The van der Waals surface area contributed by atoms with Gasteiger partial charge in [-0.1, -0.05) is 0 Å². The molecule has 96 valence electrons. The van der Waals surface area contributed by atoms with Gasteiger partial charge in [-0.25, -0.2) is 0 Å². The summed E-state index contributed by atoms with van der Waals surface area (Å²) < 4.78 is 0. The first kappa shape index (κ1) is 12.5. The van der Waals surface area contributed by atoms with Crippen LogP contribution in [0.5, 0.6) is 0 Å². The topological polar surface area (TPSA) is 62.3 Å². The Kier molecular flexibility index (Phi) is 3.07. The van der Waals surface area contributed by atoms with Crippen LogP contribution >= 0.6 is 0 Å². The van der Waals surface area contributed by atoms with Gasteiger partial charge in [-0.15, -0.1) is 0 Å². The largest absolute Gasteiger partial charge is 0.352 e. The van der Waals surface area contributed by atoms with Gasteiger partial charge in [0.1, 0.15) is 5.54 Å². The van der Waals surface area contributed by atoms with E-state index < -0.39 is 5.54 Å². The highest BCUT2D eigenvalue weighted by Crippen LogP contribution is 2.20. The number of nitrogens with one attached hydrogen (secondary N) is 1. The Morgan fingerprint density at radius 1 is 1.50 bits per heavy atom. The number of amides is 2. The molecule has 0 aromatic carbocycles. The number of hydrogen-bond acceptors (Lipinski definition) is 3. The minimum Gasteiger partial charge on any atom is -0.352 e.